The lowest BCUT2D eigenvalue weighted by Gasteiger charge is -2.08. The van der Waals surface area contributed by atoms with Crippen LogP contribution in [0.1, 0.15) is 0 Å². The molecule has 12 nitrogen and oxygen atoms in total. The van der Waals surface area contributed by atoms with E-state index in [4.69, 9.17) is 18.3 Å². The molecule has 0 saturated heterocycles. The third-order valence-corrected chi connectivity index (χ3v) is 6.65. The van der Waals surface area contributed by atoms with Crippen LogP contribution < -0.4 is 20.3 Å². The zero-order valence-electron chi connectivity index (χ0n) is 23.1. The van der Waals surface area contributed by atoms with Crippen molar-refractivity contribution in [3.8, 4) is 68.4 Å². The second kappa shape index (κ2) is 11.5. The fourth-order valence-electron chi connectivity index (χ4n) is 4.47. The largest absolute Gasteiger partial charge is 0.508 e. The molecule has 0 unspecified atom stereocenters. The molecule has 0 atom stereocenters. The minimum Gasteiger partial charge on any atom is -0.508 e. The van der Waals surface area contributed by atoms with Crippen LogP contribution in [0.15, 0.2) is 91.4 Å². The summed E-state index contributed by atoms with van der Waals surface area (Å²) >= 11 is 0. The second-order valence-corrected chi connectivity index (χ2v) is 9.35. The van der Waals surface area contributed by atoms with E-state index >= 15 is 0 Å². The molecule has 2 aromatic heterocycles. The first kappa shape index (κ1) is 29.2. The van der Waals surface area contributed by atoms with Crippen LogP contribution in [-0.2, 0) is 0 Å². The summed E-state index contributed by atoms with van der Waals surface area (Å²) in [5, 5.41) is 57.7. The molecule has 0 fully saturated rings. The number of methoxy groups -OCH3 is 2. The number of ether oxygens (including phenoxy) is 2. The van der Waals surface area contributed by atoms with Crippen LogP contribution in [-0.4, -0.2) is 44.9 Å². The number of phenolic OH excluding ortho intramolecular Hbond substituents is 5. The highest BCUT2D eigenvalue weighted by Crippen LogP contribution is 2.38. The van der Waals surface area contributed by atoms with Gasteiger partial charge in [-0.2, -0.15) is 0 Å². The Morgan fingerprint density at radius 1 is 0.659 bits per heavy atom. The van der Waals surface area contributed by atoms with Crippen LogP contribution in [0.25, 0.3) is 44.4 Å². The Labute approximate surface area is 247 Å². The predicted octanol–water partition coefficient (Wildman–Crippen LogP) is 5.17. The Balaban J connectivity index is 0.000000175. The molecule has 0 aliphatic rings. The van der Waals surface area contributed by atoms with Crippen molar-refractivity contribution < 1.29 is 48.9 Å². The van der Waals surface area contributed by atoms with Crippen molar-refractivity contribution in [2.75, 3.05) is 14.2 Å². The summed E-state index contributed by atoms with van der Waals surface area (Å²) in [6.07, 6.45) is 1.37. The highest BCUT2D eigenvalue weighted by Gasteiger charge is 2.20. The van der Waals surface area contributed by atoms with Gasteiger partial charge in [-0.05, 0) is 48.0 Å². The van der Waals surface area contributed by atoms with E-state index in [1.165, 1.54) is 31.6 Å². The summed E-state index contributed by atoms with van der Waals surface area (Å²) in [7, 11) is 2.99. The molecule has 0 aliphatic heterocycles. The normalized spacial score (nSPS) is 10.8. The Bertz CT molecular complexity index is 2140. The van der Waals surface area contributed by atoms with E-state index in [2.05, 4.69) is 0 Å². The molecule has 4 aromatic carbocycles. The van der Waals surface area contributed by atoms with Gasteiger partial charge in [-0.3, -0.25) is 9.59 Å². The van der Waals surface area contributed by atoms with E-state index in [0.717, 1.165) is 29.8 Å². The minimum atomic E-state index is -0.888. The van der Waals surface area contributed by atoms with Crippen molar-refractivity contribution in [1.82, 2.24) is 0 Å². The van der Waals surface area contributed by atoms with E-state index in [1.807, 2.05) is 0 Å². The van der Waals surface area contributed by atoms with Crippen molar-refractivity contribution in [1.29, 1.82) is 0 Å². The van der Waals surface area contributed by atoms with Gasteiger partial charge in [0.2, 0.25) is 22.4 Å². The molecule has 224 valence electrons. The Morgan fingerprint density at radius 2 is 1.34 bits per heavy atom. The van der Waals surface area contributed by atoms with Crippen molar-refractivity contribution in [3.05, 3.63) is 93.4 Å². The monoisotopic (exact) mass is 600 g/mol. The highest BCUT2D eigenvalue weighted by molar-refractivity contribution is 5.89. The van der Waals surface area contributed by atoms with E-state index in [-0.39, 0.29) is 56.3 Å². The van der Waals surface area contributed by atoms with Gasteiger partial charge in [0.25, 0.3) is 0 Å². The van der Waals surface area contributed by atoms with E-state index < -0.39 is 22.7 Å². The first-order chi connectivity index (χ1) is 21.0. The maximum atomic E-state index is 12.6. The lowest BCUT2D eigenvalue weighted by atomic mass is 10.1. The highest BCUT2D eigenvalue weighted by atomic mass is 16.5. The number of benzene rings is 4. The molecule has 0 saturated carbocycles. The van der Waals surface area contributed by atoms with Gasteiger partial charge < -0.3 is 48.9 Å². The number of aromatic hydroxyl groups is 6. The van der Waals surface area contributed by atoms with Gasteiger partial charge in [0, 0.05) is 17.7 Å². The summed E-state index contributed by atoms with van der Waals surface area (Å²) in [4.78, 5) is 24.8. The fourth-order valence-corrected chi connectivity index (χ4v) is 4.47. The van der Waals surface area contributed by atoms with E-state index in [0.29, 0.717) is 16.7 Å². The van der Waals surface area contributed by atoms with Crippen LogP contribution in [0.4, 0.5) is 0 Å². The van der Waals surface area contributed by atoms with E-state index in [1.54, 1.807) is 31.4 Å². The molecule has 0 radical (unpaired) electrons. The average molecular weight is 601 g/mol. The SMILES string of the molecule is COc1ccc(-c2coc3c(OC)c(O)ccc3c2=O)cc1.O=c1c(O)c(-c2ccc(O)c(O)c2)oc2cc(O)cc(O)c12. The van der Waals surface area contributed by atoms with Gasteiger partial charge in [0.15, 0.2) is 28.6 Å². The summed E-state index contributed by atoms with van der Waals surface area (Å²) in [6, 6.07) is 15.7. The molecular weight excluding hydrogens is 576 g/mol. The first-order valence-electron chi connectivity index (χ1n) is 12.7. The van der Waals surface area contributed by atoms with Crippen LogP contribution in [0.5, 0.6) is 46.0 Å². The summed E-state index contributed by atoms with van der Waals surface area (Å²) in [6.45, 7) is 0. The topological polar surface area (TPSA) is 200 Å². The summed E-state index contributed by atoms with van der Waals surface area (Å²) in [5.41, 5.74) is 0.305. The van der Waals surface area contributed by atoms with Crippen molar-refractivity contribution in [3.63, 3.8) is 0 Å². The zero-order valence-corrected chi connectivity index (χ0v) is 23.1. The van der Waals surface area contributed by atoms with Crippen molar-refractivity contribution in [2.45, 2.75) is 0 Å². The Kier molecular flexibility index (Phi) is 7.65. The maximum absolute atomic E-state index is 12.6. The quantitative estimate of drug-likeness (QED) is 0.145. The lowest BCUT2D eigenvalue weighted by molar-refractivity contribution is 0.370. The Hall–Kier alpha value is -6.30. The maximum Gasteiger partial charge on any atom is 0.238 e. The van der Waals surface area contributed by atoms with Gasteiger partial charge in [-0.25, -0.2) is 0 Å². The Morgan fingerprint density at radius 3 is 2.00 bits per heavy atom. The summed E-state index contributed by atoms with van der Waals surface area (Å²) < 4.78 is 21.1. The third kappa shape index (κ3) is 5.23. The van der Waals surface area contributed by atoms with Gasteiger partial charge in [0.1, 0.15) is 34.5 Å². The van der Waals surface area contributed by atoms with Gasteiger partial charge in [0.05, 0.1) is 25.2 Å². The number of hydrogen-bond donors (Lipinski definition) is 6. The van der Waals surface area contributed by atoms with E-state index in [9.17, 15) is 40.2 Å². The third-order valence-electron chi connectivity index (χ3n) is 6.65. The number of fused-ring (bicyclic) bond motifs is 2. The van der Waals surface area contributed by atoms with Crippen molar-refractivity contribution in [2.24, 2.45) is 0 Å². The molecular formula is C32H24O12. The summed E-state index contributed by atoms with van der Waals surface area (Å²) in [5.74, 6) is -1.93. The second-order valence-electron chi connectivity index (χ2n) is 9.35. The molecule has 0 spiro atoms. The molecule has 2 heterocycles. The average Bonchev–Trinajstić information content (AvgIpc) is 3.00. The van der Waals surface area contributed by atoms with Crippen LogP contribution >= 0.6 is 0 Å². The van der Waals surface area contributed by atoms with Crippen molar-refractivity contribution >= 4 is 21.9 Å². The molecule has 44 heavy (non-hydrogen) atoms. The molecule has 0 bridgehead atoms. The molecule has 6 rings (SSSR count). The first-order valence-corrected chi connectivity index (χ1v) is 12.7. The molecule has 6 aromatic rings. The van der Waals surface area contributed by atoms with Gasteiger partial charge in [-0.15, -0.1) is 0 Å². The standard InChI is InChI=1S/C17H14O5.C15H10O7/c1-20-11-5-3-10(4-6-11)13-9-22-16-12(15(13)19)7-8-14(18)17(16)21-2;16-7-4-10(19)12-11(5-7)22-15(14(21)13(12)20)6-1-2-8(17)9(18)3-6/h3-9,18H,1-2H3;1-5,16-19,21H. The molecule has 12 heteroatoms. The molecule has 6 N–H and O–H groups in total. The zero-order chi connectivity index (χ0) is 31.7. The van der Waals surface area contributed by atoms with Crippen LogP contribution in [0, 0.1) is 0 Å². The molecule has 0 aliphatic carbocycles. The molecule has 0 amide bonds. The van der Waals surface area contributed by atoms with Gasteiger partial charge >= 0.3 is 0 Å². The van der Waals surface area contributed by atoms with Crippen LogP contribution in [0.3, 0.4) is 0 Å². The lowest BCUT2D eigenvalue weighted by Crippen LogP contribution is -2.05. The van der Waals surface area contributed by atoms with Crippen LogP contribution in [0.2, 0.25) is 0 Å². The number of phenols is 5. The fraction of sp³-hybridized carbons (Fsp3) is 0.0625. The smallest absolute Gasteiger partial charge is 0.238 e. The van der Waals surface area contributed by atoms with Gasteiger partial charge in [-0.1, -0.05) is 12.1 Å². The predicted molar refractivity (Wildman–Crippen MR) is 159 cm³/mol. The number of rotatable bonds is 4. The minimum absolute atomic E-state index is 0.0738. The number of hydrogen-bond acceptors (Lipinski definition) is 12.